The number of benzene rings is 1. The Labute approximate surface area is 103 Å². The van der Waals surface area contributed by atoms with Crippen LogP contribution in [0.2, 0.25) is 0 Å². The lowest BCUT2D eigenvalue weighted by molar-refractivity contribution is -0.155. The van der Waals surface area contributed by atoms with Crippen molar-refractivity contribution >= 4 is 0 Å². The molecule has 1 aromatic rings. The molecule has 1 aliphatic rings. The number of aryl methyl sites for hydroxylation is 1. The van der Waals surface area contributed by atoms with Crippen LogP contribution in [-0.2, 0) is 15.9 Å². The quantitative estimate of drug-likeness (QED) is 0.804. The number of rotatable bonds is 4. The second-order valence-corrected chi connectivity index (χ2v) is 4.72. The summed E-state index contributed by atoms with van der Waals surface area (Å²) in [7, 11) is 1.68. The van der Waals surface area contributed by atoms with Gasteiger partial charge in [-0.2, -0.15) is 0 Å². The van der Waals surface area contributed by atoms with E-state index in [1.54, 1.807) is 7.11 Å². The van der Waals surface area contributed by atoms with Gasteiger partial charge in [0.2, 0.25) is 0 Å². The molecule has 2 rings (SSSR count). The van der Waals surface area contributed by atoms with Crippen LogP contribution in [0.25, 0.3) is 0 Å². The van der Waals surface area contributed by atoms with Gasteiger partial charge in [-0.05, 0) is 38.0 Å². The number of methoxy groups -OCH3 is 1. The van der Waals surface area contributed by atoms with E-state index in [0.717, 1.165) is 18.6 Å². The van der Waals surface area contributed by atoms with Crippen LogP contribution in [0.3, 0.4) is 0 Å². The summed E-state index contributed by atoms with van der Waals surface area (Å²) in [6.07, 6.45) is 2.03. The average Bonchev–Trinajstić information content (AvgIpc) is 2.68. The molecule has 1 heterocycles. The molecule has 0 spiro atoms. The molecule has 2 atom stereocenters. The lowest BCUT2D eigenvalue weighted by Crippen LogP contribution is -2.26. The van der Waals surface area contributed by atoms with Gasteiger partial charge in [0.1, 0.15) is 5.75 Å². The van der Waals surface area contributed by atoms with E-state index in [1.165, 1.54) is 5.56 Å². The Morgan fingerprint density at radius 2 is 2.06 bits per heavy atom. The summed E-state index contributed by atoms with van der Waals surface area (Å²) in [6, 6.07) is 8.13. The van der Waals surface area contributed by atoms with Gasteiger partial charge in [-0.15, -0.1) is 0 Å². The summed E-state index contributed by atoms with van der Waals surface area (Å²) < 4.78 is 16.6. The van der Waals surface area contributed by atoms with Crippen LogP contribution in [-0.4, -0.2) is 25.6 Å². The molecule has 0 radical (unpaired) electrons. The van der Waals surface area contributed by atoms with Crippen molar-refractivity contribution in [1.29, 1.82) is 0 Å². The smallest absolute Gasteiger partial charge is 0.166 e. The minimum Gasteiger partial charge on any atom is -0.497 e. The molecular weight excluding hydrogens is 216 g/mol. The van der Waals surface area contributed by atoms with Crippen LogP contribution in [0, 0.1) is 0 Å². The van der Waals surface area contributed by atoms with Gasteiger partial charge >= 0.3 is 0 Å². The highest BCUT2D eigenvalue weighted by Gasteiger charge is 2.34. The van der Waals surface area contributed by atoms with Crippen LogP contribution in [0.5, 0.6) is 5.75 Å². The first-order chi connectivity index (χ1) is 8.11. The van der Waals surface area contributed by atoms with Crippen molar-refractivity contribution in [1.82, 2.24) is 0 Å². The van der Waals surface area contributed by atoms with Crippen molar-refractivity contribution < 1.29 is 14.2 Å². The first-order valence-corrected chi connectivity index (χ1v) is 6.06. The Hall–Kier alpha value is -1.06. The van der Waals surface area contributed by atoms with Gasteiger partial charge in [-0.3, -0.25) is 0 Å². The maximum atomic E-state index is 5.77. The number of ether oxygens (including phenoxy) is 3. The molecule has 3 nitrogen and oxygen atoms in total. The van der Waals surface area contributed by atoms with Crippen molar-refractivity contribution in [2.75, 3.05) is 13.7 Å². The molecule has 17 heavy (non-hydrogen) atoms. The predicted molar refractivity (Wildman–Crippen MR) is 66.2 cm³/mol. The van der Waals surface area contributed by atoms with Crippen LogP contribution in [0.1, 0.15) is 25.8 Å². The lowest BCUT2D eigenvalue weighted by Gasteiger charge is -2.22. The second-order valence-electron chi connectivity index (χ2n) is 4.72. The van der Waals surface area contributed by atoms with Crippen molar-refractivity contribution in [2.24, 2.45) is 0 Å². The zero-order valence-electron chi connectivity index (χ0n) is 10.7. The third-order valence-corrected chi connectivity index (χ3v) is 3.10. The van der Waals surface area contributed by atoms with E-state index in [4.69, 9.17) is 14.2 Å². The monoisotopic (exact) mass is 236 g/mol. The third kappa shape index (κ3) is 3.20. The fourth-order valence-electron chi connectivity index (χ4n) is 2.08. The van der Waals surface area contributed by atoms with E-state index in [0.29, 0.717) is 6.61 Å². The molecule has 3 heteroatoms. The molecule has 94 valence electrons. The van der Waals surface area contributed by atoms with Crippen LogP contribution in [0.15, 0.2) is 24.3 Å². The van der Waals surface area contributed by atoms with Crippen LogP contribution >= 0.6 is 0 Å². The van der Waals surface area contributed by atoms with Gasteiger partial charge in [0, 0.05) is 6.42 Å². The molecule has 1 aliphatic heterocycles. The topological polar surface area (TPSA) is 27.7 Å². The predicted octanol–water partition coefficient (Wildman–Crippen LogP) is 2.78. The summed E-state index contributed by atoms with van der Waals surface area (Å²) in [4.78, 5) is 0. The van der Waals surface area contributed by atoms with Crippen molar-refractivity contribution in [2.45, 2.75) is 38.6 Å². The minimum atomic E-state index is -0.417. The molecule has 1 saturated heterocycles. The van der Waals surface area contributed by atoms with Crippen LogP contribution < -0.4 is 4.74 Å². The first-order valence-electron chi connectivity index (χ1n) is 6.06. The zero-order chi connectivity index (χ0) is 12.3. The van der Waals surface area contributed by atoms with Gasteiger partial charge < -0.3 is 14.2 Å². The van der Waals surface area contributed by atoms with Gasteiger partial charge in [0.05, 0.1) is 19.8 Å². The Morgan fingerprint density at radius 1 is 1.35 bits per heavy atom. The molecule has 0 saturated carbocycles. The average molecular weight is 236 g/mol. The maximum absolute atomic E-state index is 5.77. The fraction of sp³-hybridized carbons (Fsp3) is 0.571. The minimum absolute atomic E-state index is 0.205. The van der Waals surface area contributed by atoms with Gasteiger partial charge in [-0.25, -0.2) is 0 Å². The van der Waals surface area contributed by atoms with Crippen molar-refractivity contribution in [3.8, 4) is 5.75 Å². The number of hydrogen-bond donors (Lipinski definition) is 0. The third-order valence-electron chi connectivity index (χ3n) is 3.10. The highest BCUT2D eigenvalue weighted by molar-refractivity contribution is 5.27. The number of hydrogen-bond acceptors (Lipinski definition) is 3. The lowest BCUT2D eigenvalue weighted by atomic mass is 10.1. The van der Waals surface area contributed by atoms with Gasteiger partial charge in [-0.1, -0.05) is 12.1 Å². The van der Waals surface area contributed by atoms with E-state index in [1.807, 2.05) is 26.0 Å². The highest BCUT2D eigenvalue weighted by Crippen LogP contribution is 2.28. The molecular formula is C14H20O3. The van der Waals surface area contributed by atoms with Crippen LogP contribution in [0.4, 0.5) is 0 Å². The zero-order valence-corrected chi connectivity index (χ0v) is 10.7. The molecule has 0 unspecified atom stereocenters. The van der Waals surface area contributed by atoms with Crippen molar-refractivity contribution in [3.63, 3.8) is 0 Å². The summed E-state index contributed by atoms with van der Waals surface area (Å²) >= 11 is 0. The Bertz CT molecular complexity index is 360. The second kappa shape index (κ2) is 5.07. The first kappa shape index (κ1) is 12.4. The normalized spacial score (nSPS) is 28.3. The standard InChI is InChI=1S/C14H20O3/c1-11-10-16-14(2,17-11)9-8-12-4-6-13(15-3)7-5-12/h4-7,11H,8-10H2,1-3H3/t11-,14+/m1/s1. The highest BCUT2D eigenvalue weighted by atomic mass is 16.7. The summed E-state index contributed by atoms with van der Waals surface area (Å²) in [6.45, 7) is 4.75. The summed E-state index contributed by atoms with van der Waals surface area (Å²) in [5.74, 6) is 0.473. The molecule has 0 aliphatic carbocycles. The Morgan fingerprint density at radius 3 is 2.59 bits per heavy atom. The molecule has 0 bridgehead atoms. The molecule has 1 fully saturated rings. The molecule has 0 N–H and O–H groups in total. The Balaban J connectivity index is 1.89. The van der Waals surface area contributed by atoms with Crippen molar-refractivity contribution in [3.05, 3.63) is 29.8 Å². The Kier molecular flexibility index (Phi) is 3.69. The summed E-state index contributed by atoms with van der Waals surface area (Å²) in [5, 5.41) is 0. The van der Waals surface area contributed by atoms with E-state index in [-0.39, 0.29) is 6.10 Å². The SMILES string of the molecule is COc1ccc(CC[C@@]2(C)OC[C@@H](C)O2)cc1. The molecule has 0 amide bonds. The molecule has 1 aromatic carbocycles. The fourth-order valence-corrected chi connectivity index (χ4v) is 2.08. The van der Waals surface area contributed by atoms with E-state index < -0.39 is 5.79 Å². The molecule has 0 aromatic heterocycles. The van der Waals surface area contributed by atoms with E-state index >= 15 is 0 Å². The summed E-state index contributed by atoms with van der Waals surface area (Å²) in [5.41, 5.74) is 1.28. The van der Waals surface area contributed by atoms with Gasteiger partial charge in [0.15, 0.2) is 5.79 Å². The largest absolute Gasteiger partial charge is 0.497 e. The van der Waals surface area contributed by atoms with E-state index in [2.05, 4.69) is 12.1 Å². The van der Waals surface area contributed by atoms with E-state index in [9.17, 15) is 0 Å². The van der Waals surface area contributed by atoms with Gasteiger partial charge in [0.25, 0.3) is 0 Å². The maximum Gasteiger partial charge on any atom is 0.166 e.